The van der Waals surface area contributed by atoms with E-state index in [9.17, 15) is 0 Å². The lowest BCUT2D eigenvalue weighted by Gasteiger charge is -2.04. The van der Waals surface area contributed by atoms with Crippen LogP contribution < -0.4 is 0 Å². The Balaban J connectivity index is 1.92. The van der Waals surface area contributed by atoms with Crippen molar-refractivity contribution in [2.45, 2.75) is 13.5 Å². The zero-order valence-electron chi connectivity index (χ0n) is 11.3. The number of hydrogen-bond acceptors (Lipinski definition) is 4. The lowest BCUT2D eigenvalue weighted by molar-refractivity contribution is 0.212. The Bertz CT molecular complexity index is 601. The first kappa shape index (κ1) is 14.2. The van der Waals surface area contributed by atoms with Gasteiger partial charge < -0.3 is 4.74 Å². The monoisotopic (exact) mass is 284 g/mol. The highest BCUT2D eigenvalue weighted by molar-refractivity contribution is 7.09. The lowest BCUT2D eigenvalue weighted by Crippen LogP contribution is -1.90. The van der Waals surface area contributed by atoms with Gasteiger partial charge in [-0.15, -0.1) is 11.3 Å². The normalized spacial score (nSPS) is 11.8. The van der Waals surface area contributed by atoms with Crippen molar-refractivity contribution < 1.29 is 4.74 Å². The molecule has 2 rings (SSSR count). The van der Waals surface area contributed by atoms with Gasteiger partial charge in [-0.25, -0.2) is 4.98 Å². The van der Waals surface area contributed by atoms with E-state index in [2.05, 4.69) is 16.5 Å². The van der Waals surface area contributed by atoms with Crippen LogP contribution in [0, 0.1) is 0 Å². The summed E-state index contributed by atoms with van der Waals surface area (Å²) in [6.45, 7) is 6.31. The van der Waals surface area contributed by atoms with Crippen LogP contribution in [-0.2, 0) is 11.3 Å². The summed E-state index contributed by atoms with van der Waals surface area (Å²) >= 11 is 1.57. The highest BCUT2D eigenvalue weighted by atomic mass is 32.1. The van der Waals surface area contributed by atoms with E-state index in [4.69, 9.17) is 4.74 Å². The van der Waals surface area contributed by atoms with Gasteiger partial charge in [0.05, 0.1) is 5.69 Å². The molecule has 102 valence electrons. The lowest BCUT2D eigenvalue weighted by atomic mass is 10.1. The summed E-state index contributed by atoms with van der Waals surface area (Å²) in [5.74, 6) is 0.607. The second kappa shape index (κ2) is 7.40. The van der Waals surface area contributed by atoms with Crippen LogP contribution in [-0.4, -0.2) is 9.97 Å². The molecule has 0 aliphatic heterocycles. The standard InChI is InChI=1S/C16H16N2OS/c1-3-14(15-6-4-5-9-17-15)8-7-13(2)19-12-16-18-10-11-20-16/h3-11H,2,12H2,1H3/b8-7-,14-3+. The van der Waals surface area contributed by atoms with E-state index < -0.39 is 0 Å². The molecule has 0 aromatic carbocycles. The molecule has 0 saturated carbocycles. The number of nitrogens with zero attached hydrogens (tertiary/aromatic N) is 2. The van der Waals surface area contributed by atoms with Crippen LogP contribution in [0.2, 0.25) is 0 Å². The fraction of sp³-hybridized carbons (Fsp3) is 0.125. The van der Waals surface area contributed by atoms with Crippen LogP contribution in [0.5, 0.6) is 0 Å². The minimum Gasteiger partial charge on any atom is -0.487 e. The zero-order valence-corrected chi connectivity index (χ0v) is 12.1. The van der Waals surface area contributed by atoms with Gasteiger partial charge in [0.2, 0.25) is 0 Å². The minimum absolute atomic E-state index is 0.454. The predicted molar refractivity (Wildman–Crippen MR) is 83.1 cm³/mol. The van der Waals surface area contributed by atoms with Gasteiger partial charge in [-0.1, -0.05) is 18.7 Å². The average molecular weight is 284 g/mol. The summed E-state index contributed by atoms with van der Waals surface area (Å²) in [5.41, 5.74) is 1.96. The number of hydrogen-bond donors (Lipinski definition) is 0. The first-order valence-electron chi connectivity index (χ1n) is 6.25. The van der Waals surface area contributed by atoms with Crippen LogP contribution in [0.3, 0.4) is 0 Å². The van der Waals surface area contributed by atoms with Gasteiger partial charge >= 0.3 is 0 Å². The molecular formula is C16H16N2OS. The first-order valence-corrected chi connectivity index (χ1v) is 7.13. The van der Waals surface area contributed by atoms with E-state index in [0.29, 0.717) is 12.4 Å². The minimum atomic E-state index is 0.454. The van der Waals surface area contributed by atoms with Crippen molar-refractivity contribution in [1.29, 1.82) is 0 Å². The van der Waals surface area contributed by atoms with E-state index in [-0.39, 0.29) is 0 Å². The van der Waals surface area contributed by atoms with Gasteiger partial charge in [0.15, 0.2) is 0 Å². The smallest absolute Gasteiger partial charge is 0.140 e. The second-order valence-corrected chi connectivity index (χ2v) is 4.95. The Morgan fingerprint density at radius 3 is 2.85 bits per heavy atom. The molecule has 0 saturated heterocycles. The summed E-state index contributed by atoms with van der Waals surface area (Å²) in [4.78, 5) is 8.47. The molecular weight excluding hydrogens is 268 g/mol. The Kier molecular flexibility index (Phi) is 5.26. The third-order valence-corrected chi connectivity index (χ3v) is 3.34. The molecule has 2 heterocycles. The molecule has 20 heavy (non-hydrogen) atoms. The van der Waals surface area contributed by atoms with Crippen LogP contribution >= 0.6 is 11.3 Å². The molecule has 0 spiro atoms. The maximum absolute atomic E-state index is 5.54. The quantitative estimate of drug-likeness (QED) is 0.588. The highest BCUT2D eigenvalue weighted by Gasteiger charge is 1.99. The van der Waals surface area contributed by atoms with Crippen molar-refractivity contribution in [3.63, 3.8) is 0 Å². The van der Waals surface area contributed by atoms with E-state index in [1.807, 2.05) is 48.7 Å². The zero-order chi connectivity index (χ0) is 14.2. The van der Waals surface area contributed by atoms with E-state index >= 15 is 0 Å². The molecule has 4 heteroatoms. The summed E-state index contributed by atoms with van der Waals surface area (Å²) in [7, 11) is 0. The second-order valence-electron chi connectivity index (χ2n) is 3.97. The Morgan fingerprint density at radius 1 is 1.30 bits per heavy atom. The van der Waals surface area contributed by atoms with Gasteiger partial charge in [-0.2, -0.15) is 0 Å². The Hall–Kier alpha value is -2.20. The van der Waals surface area contributed by atoms with Crippen LogP contribution in [0.25, 0.3) is 5.57 Å². The fourth-order valence-corrected chi connectivity index (χ4v) is 2.10. The maximum atomic E-state index is 5.54. The van der Waals surface area contributed by atoms with Gasteiger partial charge in [0.1, 0.15) is 17.4 Å². The number of pyridine rings is 1. The molecule has 0 aliphatic carbocycles. The molecule has 2 aromatic heterocycles. The van der Waals surface area contributed by atoms with Crippen LogP contribution in [0.4, 0.5) is 0 Å². The molecule has 0 N–H and O–H groups in total. The SMILES string of the molecule is C=C(/C=C\C(=C/C)c1ccccn1)OCc1nccs1. The van der Waals surface area contributed by atoms with Crippen LogP contribution in [0.15, 0.2) is 66.5 Å². The molecule has 0 aliphatic rings. The van der Waals surface area contributed by atoms with Gasteiger partial charge in [-0.05, 0) is 36.8 Å². The summed E-state index contributed by atoms with van der Waals surface area (Å²) in [5, 5.41) is 2.87. The average Bonchev–Trinajstić information content (AvgIpc) is 3.00. The first-order chi connectivity index (χ1) is 9.79. The molecule has 0 unspecified atom stereocenters. The van der Waals surface area contributed by atoms with Crippen molar-refractivity contribution >= 4 is 16.9 Å². The van der Waals surface area contributed by atoms with Crippen molar-refractivity contribution in [1.82, 2.24) is 9.97 Å². The fourth-order valence-electron chi connectivity index (χ4n) is 1.57. The third kappa shape index (κ3) is 4.17. The number of allylic oxidation sites excluding steroid dienone is 4. The van der Waals surface area contributed by atoms with Crippen LogP contribution in [0.1, 0.15) is 17.6 Å². The summed E-state index contributed by atoms with van der Waals surface area (Å²) < 4.78 is 5.54. The van der Waals surface area contributed by atoms with Crippen molar-refractivity contribution in [2.24, 2.45) is 0 Å². The molecule has 0 amide bonds. The van der Waals surface area contributed by atoms with Gasteiger partial charge in [0, 0.05) is 17.8 Å². The Morgan fingerprint density at radius 2 is 2.20 bits per heavy atom. The maximum Gasteiger partial charge on any atom is 0.140 e. The number of ether oxygens (including phenoxy) is 1. The molecule has 0 fully saturated rings. The Labute approximate surface area is 123 Å². The van der Waals surface area contributed by atoms with Gasteiger partial charge in [-0.3, -0.25) is 4.98 Å². The largest absolute Gasteiger partial charge is 0.487 e. The van der Waals surface area contributed by atoms with Crippen molar-refractivity contribution in [2.75, 3.05) is 0 Å². The third-order valence-electron chi connectivity index (χ3n) is 2.58. The highest BCUT2D eigenvalue weighted by Crippen LogP contribution is 2.14. The number of thiazole rings is 1. The molecule has 0 radical (unpaired) electrons. The summed E-state index contributed by atoms with van der Waals surface area (Å²) in [6.07, 6.45) is 9.35. The number of rotatable bonds is 6. The van der Waals surface area contributed by atoms with Crippen molar-refractivity contribution in [3.8, 4) is 0 Å². The molecule has 0 atom stereocenters. The van der Waals surface area contributed by atoms with E-state index in [1.165, 1.54) is 0 Å². The predicted octanol–water partition coefficient (Wildman–Crippen LogP) is 4.23. The molecule has 2 aromatic rings. The number of aromatic nitrogens is 2. The van der Waals surface area contributed by atoms with E-state index in [0.717, 1.165) is 16.3 Å². The molecule has 3 nitrogen and oxygen atoms in total. The summed E-state index contributed by atoms with van der Waals surface area (Å²) in [6, 6.07) is 5.84. The van der Waals surface area contributed by atoms with Gasteiger partial charge in [0.25, 0.3) is 0 Å². The molecule has 0 bridgehead atoms. The van der Waals surface area contributed by atoms with Crippen molar-refractivity contribution in [3.05, 3.63) is 77.2 Å². The van der Waals surface area contributed by atoms with E-state index in [1.54, 1.807) is 23.7 Å². The topological polar surface area (TPSA) is 35.0 Å².